The third-order valence-corrected chi connectivity index (χ3v) is 4.66. The van der Waals surface area contributed by atoms with Gasteiger partial charge in [-0.15, -0.1) is 0 Å². The molecule has 0 saturated heterocycles. The predicted molar refractivity (Wildman–Crippen MR) is 114 cm³/mol. The molecule has 176 valence electrons. The number of rotatable bonds is 15. The molecule has 4 unspecified atom stereocenters. The number of thiol groups is 2. The minimum atomic E-state index is -1.32. The van der Waals surface area contributed by atoms with E-state index >= 15 is 0 Å². The van der Waals surface area contributed by atoms with Crippen LogP contribution in [0.25, 0.3) is 0 Å². The second-order valence-corrected chi connectivity index (χ2v) is 7.16. The van der Waals surface area contributed by atoms with Crippen LogP contribution in [0.3, 0.4) is 0 Å². The van der Waals surface area contributed by atoms with Gasteiger partial charge in [-0.2, -0.15) is 25.3 Å². The van der Waals surface area contributed by atoms with Crippen molar-refractivity contribution in [1.82, 2.24) is 16.0 Å². The molecule has 13 nitrogen and oxygen atoms in total. The second-order valence-electron chi connectivity index (χ2n) is 6.43. The summed E-state index contributed by atoms with van der Waals surface area (Å²) >= 11 is 7.78. The lowest BCUT2D eigenvalue weighted by Gasteiger charge is -2.24. The first kappa shape index (κ1) is 28.5. The molecule has 0 aliphatic heterocycles. The number of primary amides is 1. The molecule has 0 heterocycles. The van der Waals surface area contributed by atoms with Gasteiger partial charge in [-0.1, -0.05) is 0 Å². The monoisotopic (exact) mass is 481 g/mol. The van der Waals surface area contributed by atoms with Gasteiger partial charge in [0.2, 0.25) is 23.6 Å². The number of aliphatic carboxylic acids is 2. The summed E-state index contributed by atoms with van der Waals surface area (Å²) in [5, 5.41) is 24.4. The SMILES string of the molecule is NC(=O)CCC(NC(=O)C(N)CCC(=O)O)C(=O)NC(CS)C(=O)NC(CS)C(=O)O. The predicted octanol–water partition coefficient (Wildman–Crippen LogP) is -3.16. The standard InChI is InChI=1S/C16H27N5O8S2/c17-7(1-4-12(23)24)13(25)19-8(2-3-11(18)22)14(26)20-9(5-30)15(27)21-10(6-31)16(28)29/h7-10,30-31H,1-6,17H2,(H2,18,22)(H,19,25)(H,20,26)(H,21,27)(H,23,24)(H,28,29). The van der Waals surface area contributed by atoms with Gasteiger partial charge in [-0.3, -0.25) is 24.0 Å². The van der Waals surface area contributed by atoms with E-state index in [1.54, 1.807) is 0 Å². The minimum absolute atomic E-state index is 0.187. The van der Waals surface area contributed by atoms with Crippen LogP contribution in [0.4, 0.5) is 0 Å². The van der Waals surface area contributed by atoms with Gasteiger partial charge < -0.3 is 37.6 Å². The molecule has 0 aromatic rings. The van der Waals surface area contributed by atoms with E-state index < -0.39 is 59.7 Å². The summed E-state index contributed by atoms with van der Waals surface area (Å²) in [6.07, 6.45) is -1.05. The maximum atomic E-state index is 12.6. The second kappa shape index (κ2) is 14.5. The molecule has 9 N–H and O–H groups in total. The van der Waals surface area contributed by atoms with Gasteiger partial charge in [0.25, 0.3) is 0 Å². The first-order chi connectivity index (χ1) is 14.4. The van der Waals surface area contributed by atoms with Crippen molar-refractivity contribution >= 4 is 60.8 Å². The lowest BCUT2D eigenvalue weighted by molar-refractivity contribution is -0.141. The quantitative estimate of drug-likeness (QED) is 0.107. The molecule has 0 saturated carbocycles. The molecular weight excluding hydrogens is 454 g/mol. The van der Waals surface area contributed by atoms with Gasteiger partial charge in [0, 0.05) is 24.3 Å². The van der Waals surface area contributed by atoms with Crippen molar-refractivity contribution in [2.45, 2.75) is 49.9 Å². The summed E-state index contributed by atoms with van der Waals surface area (Å²) in [4.78, 5) is 69.7. The highest BCUT2D eigenvalue weighted by Crippen LogP contribution is 2.03. The number of hydrogen-bond acceptors (Lipinski definition) is 9. The van der Waals surface area contributed by atoms with Crippen molar-refractivity contribution < 1.29 is 39.0 Å². The van der Waals surface area contributed by atoms with Crippen LogP contribution in [-0.4, -0.2) is 81.5 Å². The molecule has 0 fully saturated rings. The highest BCUT2D eigenvalue weighted by Gasteiger charge is 2.29. The van der Waals surface area contributed by atoms with Crippen molar-refractivity contribution in [1.29, 1.82) is 0 Å². The topological polar surface area (TPSA) is 231 Å². The Balaban J connectivity index is 5.21. The van der Waals surface area contributed by atoms with Crippen molar-refractivity contribution in [3.05, 3.63) is 0 Å². The summed E-state index contributed by atoms with van der Waals surface area (Å²) < 4.78 is 0. The van der Waals surface area contributed by atoms with E-state index in [0.717, 1.165) is 0 Å². The third-order valence-electron chi connectivity index (χ3n) is 3.93. The highest BCUT2D eigenvalue weighted by atomic mass is 32.1. The Bertz CT molecular complexity index is 693. The molecule has 4 atom stereocenters. The molecule has 0 rings (SSSR count). The largest absolute Gasteiger partial charge is 0.481 e. The van der Waals surface area contributed by atoms with Crippen LogP contribution in [0.5, 0.6) is 0 Å². The number of amides is 4. The number of hydrogen-bond donors (Lipinski definition) is 9. The van der Waals surface area contributed by atoms with E-state index in [1.807, 2.05) is 0 Å². The van der Waals surface area contributed by atoms with Crippen LogP contribution in [-0.2, 0) is 28.8 Å². The van der Waals surface area contributed by atoms with E-state index in [1.165, 1.54) is 0 Å². The molecule has 0 aromatic carbocycles. The van der Waals surface area contributed by atoms with E-state index in [2.05, 4.69) is 41.2 Å². The van der Waals surface area contributed by atoms with Gasteiger partial charge in [0.05, 0.1) is 6.04 Å². The normalized spacial score (nSPS) is 14.4. The van der Waals surface area contributed by atoms with Crippen LogP contribution in [0.2, 0.25) is 0 Å². The lowest BCUT2D eigenvalue weighted by Crippen LogP contribution is -2.58. The smallest absolute Gasteiger partial charge is 0.327 e. The Labute approximate surface area is 188 Å². The molecule has 0 aliphatic carbocycles. The number of nitrogens with two attached hydrogens (primary N) is 2. The average molecular weight is 482 g/mol. The Morgan fingerprint density at radius 3 is 1.68 bits per heavy atom. The molecule has 4 amide bonds. The molecule has 31 heavy (non-hydrogen) atoms. The van der Waals surface area contributed by atoms with E-state index in [9.17, 15) is 28.8 Å². The molecule has 0 radical (unpaired) electrons. The van der Waals surface area contributed by atoms with Gasteiger partial charge in [-0.05, 0) is 12.8 Å². The summed E-state index contributed by atoms with van der Waals surface area (Å²) in [5.74, 6) is -6.17. The minimum Gasteiger partial charge on any atom is -0.481 e. The van der Waals surface area contributed by atoms with Crippen LogP contribution >= 0.6 is 25.3 Å². The number of nitrogens with one attached hydrogen (secondary N) is 3. The van der Waals surface area contributed by atoms with E-state index in [4.69, 9.17) is 21.7 Å². The van der Waals surface area contributed by atoms with Crippen molar-refractivity contribution in [3.63, 3.8) is 0 Å². The maximum Gasteiger partial charge on any atom is 0.327 e. The summed E-state index contributed by atoms with van der Waals surface area (Å²) in [5.41, 5.74) is 10.7. The number of carbonyl (C=O) groups is 6. The third kappa shape index (κ3) is 11.4. The zero-order chi connectivity index (χ0) is 24.1. The van der Waals surface area contributed by atoms with Crippen LogP contribution in [0, 0.1) is 0 Å². The molecule has 0 aromatic heterocycles. The van der Waals surface area contributed by atoms with Crippen molar-refractivity contribution in [3.8, 4) is 0 Å². The lowest BCUT2D eigenvalue weighted by atomic mass is 10.1. The first-order valence-corrected chi connectivity index (χ1v) is 10.3. The molecule has 0 spiro atoms. The summed E-state index contributed by atoms with van der Waals surface area (Å²) in [7, 11) is 0. The number of carboxylic acid groups (broad SMARTS) is 2. The fraction of sp³-hybridized carbons (Fsp3) is 0.625. The average Bonchev–Trinajstić information content (AvgIpc) is 2.70. The highest BCUT2D eigenvalue weighted by molar-refractivity contribution is 7.80. The fourth-order valence-electron chi connectivity index (χ4n) is 2.17. The van der Waals surface area contributed by atoms with Crippen LogP contribution in [0.15, 0.2) is 0 Å². The van der Waals surface area contributed by atoms with Gasteiger partial charge in [0.15, 0.2) is 0 Å². The fourth-order valence-corrected chi connectivity index (χ4v) is 2.67. The van der Waals surface area contributed by atoms with E-state index in [0.29, 0.717) is 0 Å². The molecular formula is C16H27N5O8S2. The van der Waals surface area contributed by atoms with Crippen molar-refractivity contribution in [2.75, 3.05) is 11.5 Å². The zero-order valence-electron chi connectivity index (χ0n) is 16.4. The molecule has 15 heteroatoms. The Hall–Kier alpha value is -2.52. The maximum absolute atomic E-state index is 12.6. The van der Waals surface area contributed by atoms with Crippen LogP contribution in [0.1, 0.15) is 25.7 Å². The van der Waals surface area contributed by atoms with E-state index in [-0.39, 0.29) is 37.2 Å². The Kier molecular flexibility index (Phi) is 13.3. The van der Waals surface area contributed by atoms with Crippen LogP contribution < -0.4 is 27.4 Å². The summed E-state index contributed by atoms with van der Waals surface area (Å²) in [6, 6.07) is -5.10. The van der Waals surface area contributed by atoms with Gasteiger partial charge in [0.1, 0.15) is 18.1 Å². The first-order valence-electron chi connectivity index (χ1n) is 9.04. The molecule has 0 bridgehead atoms. The zero-order valence-corrected chi connectivity index (χ0v) is 18.2. The summed E-state index contributed by atoms with van der Waals surface area (Å²) in [6.45, 7) is 0. The van der Waals surface area contributed by atoms with Gasteiger partial charge >= 0.3 is 11.9 Å². The number of carbonyl (C=O) groups excluding carboxylic acids is 4. The molecule has 0 aliphatic rings. The Morgan fingerprint density at radius 2 is 1.23 bits per heavy atom. The number of carboxylic acids is 2. The Morgan fingerprint density at radius 1 is 0.742 bits per heavy atom. The van der Waals surface area contributed by atoms with Gasteiger partial charge in [-0.25, -0.2) is 4.79 Å². The van der Waals surface area contributed by atoms with Crippen molar-refractivity contribution in [2.24, 2.45) is 11.5 Å².